The van der Waals surface area contributed by atoms with Gasteiger partial charge in [-0.1, -0.05) is 23.7 Å². The summed E-state index contributed by atoms with van der Waals surface area (Å²) in [5.74, 6) is 0.0655. The van der Waals surface area contributed by atoms with Gasteiger partial charge in [-0.25, -0.2) is 0 Å². The summed E-state index contributed by atoms with van der Waals surface area (Å²) in [5, 5.41) is 0.667. The zero-order chi connectivity index (χ0) is 10.7. The molecule has 1 amide bonds. The first kappa shape index (κ1) is 11.1. The summed E-state index contributed by atoms with van der Waals surface area (Å²) in [6.45, 7) is 1.98. The smallest absolute Gasteiger partial charge is 0.226 e. The Labute approximate surface area is 89.5 Å². The maximum Gasteiger partial charge on any atom is 0.226 e. The van der Waals surface area contributed by atoms with Gasteiger partial charge >= 0.3 is 0 Å². The molecule has 76 valence electrons. The number of carbonyl (C=O) groups is 1. The first-order valence-electron chi connectivity index (χ1n) is 4.46. The van der Waals surface area contributed by atoms with E-state index in [0.717, 1.165) is 11.1 Å². The average molecular weight is 212 g/mol. The van der Waals surface area contributed by atoms with Crippen molar-refractivity contribution in [3.8, 4) is 0 Å². The van der Waals surface area contributed by atoms with Gasteiger partial charge in [-0.3, -0.25) is 4.79 Å². The lowest BCUT2D eigenvalue weighted by Gasteiger charge is -2.11. The highest BCUT2D eigenvalue weighted by Gasteiger charge is 2.08. The van der Waals surface area contributed by atoms with Gasteiger partial charge in [-0.2, -0.15) is 0 Å². The van der Waals surface area contributed by atoms with Crippen LogP contribution in [-0.4, -0.2) is 24.9 Å². The molecule has 0 aromatic heterocycles. The molecule has 0 heterocycles. The van der Waals surface area contributed by atoms with E-state index in [2.05, 4.69) is 0 Å². The number of aryl methyl sites for hydroxylation is 1. The van der Waals surface area contributed by atoms with E-state index in [9.17, 15) is 4.79 Å². The summed E-state index contributed by atoms with van der Waals surface area (Å²) in [5.41, 5.74) is 1.99. The Morgan fingerprint density at radius 3 is 2.57 bits per heavy atom. The minimum Gasteiger partial charge on any atom is -0.349 e. The van der Waals surface area contributed by atoms with Gasteiger partial charge in [0.15, 0.2) is 0 Å². The van der Waals surface area contributed by atoms with E-state index in [-0.39, 0.29) is 5.91 Å². The third-order valence-electron chi connectivity index (χ3n) is 2.05. The number of nitrogens with zero attached hydrogens (tertiary/aromatic N) is 1. The number of halogens is 1. The Morgan fingerprint density at radius 2 is 2.07 bits per heavy atom. The van der Waals surface area contributed by atoms with Crippen LogP contribution in [0.1, 0.15) is 11.1 Å². The fourth-order valence-electron chi connectivity index (χ4n) is 1.12. The standard InChI is InChI=1S/C11H14ClNO/c1-8-4-5-9(10(12)6-8)7-11(14)13(2)3/h4-6H,7H2,1-3H3. The predicted molar refractivity (Wildman–Crippen MR) is 58.6 cm³/mol. The normalized spacial score (nSPS) is 10.0. The fourth-order valence-corrected chi connectivity index (χ4v) is 1.42. The number of likely N-dealkylation sites (N-methyl/N-ethyl adjacent to an activating group) is 1. The summed E-state index contributed by atoms with van der Waals surface area (Å²) in [7, 11) is 3.48. The number of hydrogen-bond acceptors (Lipinski definition) is 1. The quantitative estimate of drug-likeness (QED) is 0.735. The first-order chi connectivity index (χ1) is 6.50. The van der Waals surface area contributed by atoms with Gasteiger partial charge in [0.05, 0.1) is 6.42 Å². The second-order valence-electron chi connectivity index (χ2n) is 3.56. The second kappa shape index (κ2) is 4.47. The summed E-state index contributed by atoms with van der Waals surface area (Å²) in [4.78, 5) is 13.0. The summed E-state index contributed by atoms with van der Waals surface area (Å²) >= 11 is 6.01. The lowest BCUT2D eigenvalue weighted by atomic mass is 10.1. The molecule has 3 heteroatoms. The zero-order valence-corrected chi connectivity index (χ0v) is 9.43. The molecule has 0 aliphatic heterocycles. The molecule has 0 saturated carbocycles. The van der Waals surface area contributed by atoms with Crippen LogP contribution in [0.5, 0.6) is 0 Å². The molecule has 0 atom stereocenters. The monoisotopic (exact) mass is 211 g/mol. The molecular formula is C11H14ClNO. The van der Waals surface area contributed by atoms with Crippen molar-refractivity contribution in [1.82, 2.24) is 4.90 Å². The highest BCUT2D eigenvalue weighted by atomic mass is 35.5. The third kappa shape index (κ3) is 2.74. The van der Waals surface area contributed by atoms with Crippen molar-refractivity contribution in [2.75, 3.05) is 14.1 Å². The minimum absolute atomic E-state index is 0.0655. The van der Waals surface area contributed by atoms with Crippen LogP contribution >= 0.6 is 11.6 Å². The van der Waals surface area contributed by atoms with E-state index in [1.807, 2.05) is 25.1 Å². The van der Waals surface area contributed by atoms with Crippen LogP contribution in [0.15, 0.2) is 18.2 Å². The molecule has 0 aliphatic carbocycles. The van der Waals surface area contributed by atoms with Crippen molar-refractivity contribution in [3.05, 3.63) is 34.3 Å². The van der Waals surface area contributed by atoms with Crippen LogP contribution in [0.4, 0.5) is 0 Å². The van der Waals surface area contributed by atoms with Crippen molar-refractivity contribution >= 4 is 17.5 Å². The molecule has 1 aromatic rings. The van der Waals surface area contributed by atoms with E-state index >= 15 is 0 Å². The second-order valence-corrected chi connectivity index (χ2v) is 3.97. The Morgan fingerprint density at radius 1 is 1.43 bits per heavy atom. The molecule has 2 nitrogen and oxygen atoms in total. The Balaban J connectivity index is 2.82. The topological polar surface area (TPSA) is 20.3 Å². The van der Waals surface area contributed by atoms with Gasteiger partial charge in [0, 0.05) is 19.1 Å². The van der Waals surface area contributed by atoms with Crippen molar-refractivity contribution in [1.29, 1.82) is 0 Å². The van der Waals surface area contributed by atoms with Crippen molar-refractivity contribution in [2.45, 2.75) is 13.3 Å². The van der Waals surface area contributed by atoms with E-state index in [4.69, 9.17) is 11.6 Å². The van der Waals surface area contributed by atoms with E-state index < -0.39 is 0 Å². The molecule has 0 spiro atoms. The summed E-state index contributed by atoms with van der Waals surface area (Å²) in [6.07, 6.45) is 0.367. The van der Waals surface area contributed by atoms with Gasteiger partial charge < -0.3 is 4.90 Å². The number of amides is 1. The number of hydrogen-bond donors (Lipinski definition) is 0. The van der Waals surface area contributed by atoms with Crippen LogP contribution in [0, 0.1) is 6.92 Å². The summed E-state index contributed by atoms with van der Waals surface area (Å²) in [6, 6.07) is 5.74. The first-order valence-corrected chi connectivity index (χ1v) is 4.83. The van der Waals surface area contributed by atoms with Crippen molar-refractivity contribution in [2.24, 2.45) is 0 Å². The zero-order valence-electron chi connectivity index (χ0n) is 8.67. The fraction of sp³-hybridized carbons (Fsp3) is 0.364. The van der Waals surface area contributed by atoms with Gasteiger partial charge in [-0.05, 0) is 24.1 Å². The third-order valence-corrected chi connectivity index (χ3v) is 2.40. The van der Waals surface area contributed by atoms with E-state index in [1.165, 1.54) is 0 Å². The lowest BCUT2D eigenvalue weighted by molar-refractivity contribution is -0.127. The van der Waals surface area contributed by atoms with Gasteiger partial charge in [0.2, 0.25) is 5.91 Å². The van der Waals surface area contributed by atoms with Crippen LogP contribution in [0.3, 0.4) is 0 Å². The Kier molecular flexibility index (Phi) is 3.53. The molecule has 0 N–H and O–H groups in total. The molecule has 0 saturated heterocycles. The van der Waals surface area contributed by atoms with Crippen LogP contribution in [-0.2, 0) is 11.2 Å². The van der Waals surface area contributed by atoms with Crippen LogP contribution in [0.2, 0.25) is 5.02 Å². The number of rotatable bonds is 2. The lowest BCUT2D eigenvalue weighted by Crippen LogP contribution is -2.23. The van der Waals surface area contributed by atoms with Gasteiger partial charge in [0.1, 0.15) is 0 Å². The highest BCUT2D eigenvalue weighted by Crippen LogP contribution is 2.18. The van der Waals surface area contributed by atoms with Gasteiger partial charge in [-0.15, -0.1) is 0 Å². The summed E-state index contributed by atoms with van der Waals surface area (Å²) < 4.78 is 0. The van der Waals surface area contributed by atoms with Crippen molar-refractivity contribution in [3.63, 3.8) is 0 Å². The number of benzene rings is 1. The van der Waals surface area contributed by atoms with Gasteiger partial charge in [0.25, 0.3) is 0 Å². The molecule has 0 fully saturated rings. The largest absolute Gasteiger partial charge is 0.349 e. The highest BCUT2D eigenvalue weighted by molar-refractivity contribution is 6.31. The minimum atomic E-state index is 0.0655. The molecule has 0 radical (unpaired) electrons. The molecule has 1 rings (SSSR count). The Hall–Kier alpha value is -1.02. The average Bonchev–Trinajstić information content (AvgIpc) is 2.09. The van der Waals surface area contributed by atoms with E-state index in [0.29, 0.717) is 11.4 Å². The molecule has 14 heavy (non-hydrogen) atoms. The molecule has 0 unspecified atom stereocenters. The van der Waals surface area contributed by atoms with Crippen LogP contribution < -0.4 is 0 Å². The van der Waals surface area contributed by atoms with Crippen molar-refractivity contribution < 1.29 is 4.79 Å². The maximum atomic E-state index is 11.4. The molecule has 1 aromatic carbocycles. The number of carbonyl (C=O) groups excluding carboxylic acids is 1. The van der Waals surface area contributed by atoms with E-state index in [1.54, 1.807) is 19.0 Å². The predicted octanol–water partition coefficient (Wildman–Crippen LogP) is 2.28. The molecule has 0 aliphatic rings. The molecular weight excluding hydrogens is 198 g/mol. The maximum absolute atomic E-state index is 11.4. The Bertz CT molecular complexity index is 347. The molecule has 0 bridgehead atoms. The SMILES string of the molecule is Cc1ccc(CC(=O)N(C)C)c(Cl)c1. The van der Waals surface area contributed by atoms with Crippen LogP contribution in [0.25, 0.3) is 0 Å².